The van der Waals surface area contributed by atoms with E-state index in [4.69, 9.17) is 4.98 Å². The van der Waals surface area contributed by atoms with Gasteiger partial charge in [-0.05, 0) is 19.3 Å². The second-order valence-corrected chi connectivity index (χ2v) is 7.43. The highest BCUT2D eigenvalue weighted by Gasteiger charge is 2.31. The monoisotopic (exact) mass is 341 g/mol. The SMILES string of the molecule is O=C1N=C2CCCC2C(SCc2csc(-c3ccccc3)n2)=N1. The Hall–Kier alpha value is -1.79. The molecule has 0 saturated heterocycles. The van der Waals surface area contributed by atoms with Gasteiger partial charge in [-0.2, -0.15) is 4.99 Å². The average molecular weight is 341 g/mol. The molecule has 4 nitrogen and oxygen atoms in total. The number of amides is 2. The number of benzene rings is 1. The summed E-state index contributed by atoms with van der Waals surface area (Å²) in [5.41, 5.74) is 3.20. The van der Waals surface area contributed by atoms with Gasteiger partial charge in [-0.1, -0.05) is 30.3 Å². The Morgan fingerprint density at radius 3 is 2.96 bits per heavy atom. The van der Waals surface area contributed by atoms with Crippen molar-refractivity contribution < 1.29 is 4.79 Å². The van der Waals surface area contributed by atoms with Crippen LogP contribution in [0.5, 0.6) is 0 Å². The van der Waals surface area contributed by atoms with Crippen molar-refractivity contribution in [3.63, 3.8) is 0 Å². The number of carbonyl (C=O) groups is 1. The Morgan fingerprint density at radius 2 is 2.09 bits per heavy atom. The lowest BCUT2D eigenvalue weighted by molar-refractivity contribution is 0.256. The summed E-state index contributed by atoms with van der Waals surface area (Å²) in [7, 11) is 0. The second-order valence-electron chi connectivity index (χ2n) is 5.58. The standard InChI is InChI=1S/C17H15N3OS2/c21-17-19-14-8-4-7-13(14)16(20-17)23-10-12-9-22-15(18-12)11-5-2-1-3-6-11/h1-3,5-6,9,13H,4,7-8,10H2. The number of fused-ring (bicyclic) bond motifs is 1. The van der Waals surface area contributed by atoms with Crippen LogP contribution in [0.2, 0.25) is 0 Å². The Labute approximate surface area is 142 Å². The number of thioether (sulfide) groups is 1. The smallest absolute Gasteiger partial charge is 0.244 e. The first-order chi connectivity index (χ1) is 11.3. The van der Waals surface area contributed by atoms with E-state index in [0.717, 1.165) is 52.0 Å². The van der Waals surface area contributed by atoms with Gasteiger partial charge in [-0.15, -0.1) is 23.1 Å². The van der Waals surface area contributed by atoms with Gasteiger partial charge in [0, 0.05) is 28.3 Å². The maximum atomic E-state index is 11.6. The predicted molar refractivity (Wildman–Crippen MR) is 96.5 cm³/mol. The molecule has 1 atom stereocenters. The van der Waals surface area contributed by atoms with Crippen LogP contribution in [0.3, 0.4) is 0 Å². The van der Waals surface area contributed by atoms with E-state index in [1.54, 1.807) is 23.1 Å². The first-order valence-corrected chi connectivity index (χ1v) is 9.49. The van der Waals surface area contributed by atoms with Crippen LogP contribution in [-0.4, -0.2) is 21.8 Å². The van der Waals surface area contributed by atoms with E-state index in [1.165, 1.54) is 0 Å². The number of urea groups is 1. The van der Waals surface area contributed by atoms with Crippen LogP contribution in [0, 0.1) is 5.92 Å². The van der Waals surface area contributed by atoms with Gasteiger partial charge in [0.1, 0.15) is 5.01 Å². The summed E-state index contributed by atoms with van der Waals surface area (Å²) in [5, 5.41) is 4.04. The van der Waals surface area contributed by atoms with Crippen molar-refractivity contribution in [2.45, 2.75) is 25.0 Å². The Balaban J connectivity index is 1.46. The maximum Gasteiger partial charge on any atom is 0.367 e. The zero-order chi connectivity index (χ0) is 15.6. The number of aromatic nitrogens is 1. The van der Waals surface area contributed by atoms with Crippen LogP contribution >= 0.6 is 23.1 Å². The molecule has 2 aromatic rings. The average Bonchev–Trinajstić information content (AvgIpc) is 3.22. The van der Waals surface area contributed by atoms with Gasteiger partial charge >= 0.3 is 6.03 Å². The van der Waals surface area contributed by atoms with E-state index >= 15 is 0 Å². The summed E-state index contributed by atoms with van der Waals surface area (Å²) in [5.74, 6) is 1.02. The lowest BCUT2D eigenvalue weighted by Crippen LogP contribution is -2.22. The minimum absolute atomic E-state index is 0.268. The molecule has 1 aromatic carbocycles. The van der Waals surface area contributed by atoms with Crippen LogP contribution in [0.4, 0.5) is 4.79 Å². The number of nitrogens with zero attached hydrogens (tertiary/aromatic N) is 3. The quantitative estimate of drug-likeness (QED) is 0.804. The van der Waals surface area contributed by atoms with Gasteiger partial charge in [0.05, 0.1) is 10.7 Å². The largest absolute Gasteiger partial charge is 0.367 e. The number of hydrogen-bond donors (Lipinski definition) is 0. The van der Waals surface area contributed by atoms with Crippen LogP contribution in [0.1, 0.15) is 25.0 Å². The van der Waals surface area contributed by atoms with Crippen molar-refractivity contribution in [2.24, 2.45) is 15.9 Å². The van der Waals surface area contributed by atoms with E-state index in [1.807, 2.05) is 18.2 Å². The molecular weight excluding hydrogens is 326 g/mol. The number of thiazole rings is 1. The predicted octanol–water partition coefficient (Wildman–Crippen LogP) is 4.82. The highest BCUT2D eigenvalue weighted by atomic mass is 32.2. The zero-order valence-electron chi connectivity index (χ0n) is 12.4. The molecule has 6 heteroatoms. The molecule has 1 aliphatic carbocycles. The molecule has 4 rings (SSSR count). The van der Waals surface area contributed by atoms with Crippen LogP contribution < -0.4 is 0 Å². The summed E-state index contributed by atoms with van der Waals surface area (Å²) >= 11 is 3.29. The molecule has 0 spiro atoms. The molecular formula is C17H15N3OS2. The zero-order valence-corrected chi connectivity index (χ0v) is 14.1. The molecule has 0 bridgehead atoms. The Morgan fingerprint density at radius 1 is 1.22 bits per heavy atom. The summed E-state index contributed by atoms with van der Waals surface area (Å²) < 4.78 is 0. The van der Waals surface area contributed by atoms with Gasteiger partial charge in [-0.3, -0.25) is 0 Å². The summed E-state index contributed by atoms with van der Waals surface area (Å²) in [6, 6.07) is 9.85. The van der Waals surface area contributed by atoms with Crippen molar-refractivity contribution in [2.75, 3.05) is 0 Å². The van der Waals surface area contributed by atoms with E-state index in [9.17, 15) is 4.79 Å². The second kappa shape index (κ2) is 6.37. The summed E-state index contributed by atoms with van der Waals surface area (Å²) in [6.07, 6.45) is 3.10. The minimum Gasteiger partial charge on any atom is -0.244 e. The van der Waals surface area contributed by atoms with Gasteiger partial charge in [0.2, 0.25) is 0 Å². The third kappa shape index (κ3) is 3.14. The number of aliphatic imine (C=N–C) groups is 2. The Bertz CT molecular complexity index is 795. The van der Waals surface area contributed by atoms with Crippen LogP contribution in [0.15, 0.2) is 45.7 Å². The minimum atomic E-state index is -0.344. The first kappa shape index (κ1) is 14.8. The molecule has 1 aromatic heterocycles. The fraction of sp³-hybridized carbons (Fsp3) is 0.294. The Kier molecular flexibility index (Phi) is 4.10. The van der Waals surface area contributed by atoms with Gasteiger partial charge in [0.15, 0.2) is 0 Å². The van der Waals surface area contributed by atoms with E-state index in [-0.39, 0.29) is 11.9 Å². The summed E-state index contributed by atoms with van der Waals surface area (Å²) in [6.45, 7) is 0. The third-order valence-electron chi connectivity index (χ3n) is 4.01. The topological polar surface area (TPSA) is 54.7 Å². The highest BCUT2D eigenvalue weighted by molar-refractivity contribution is 8.13. The normalized spacial score (nSPS) is 20.2. The van der Waals surface area contributed by atoms with Crippen molar-refractivity contribution in [3.05, 3.63) is 41.4 Å². The maximum absolute atomic E-state index is 11.6. The molecule has 1 aliphatic heterocycles. The van der Waals surface area contributed by atoms with Gasteiger partial charge < -0.3 is 0 Å². The first-order valence-electron chi connectivity index (χ1n) is 7.62. The van der Waals surface area contributed by atoms with Crippen molar-refractivity contribution >= 4 is 39.9 Å². The number of rotatable bonds is 3. The summed E-state index contributed by atoms with van der Waals surface area (Å²) in [4.78, 5) is 24.5. The van der Waals surface area contributed by atoms with E-state index < -0.39 is 0 Å². The molecule has 1 fully saturated rings. The third-order valence-corrected chi connectivity index (χ3v) is 6.06. The molecule has 0 radical (unpaired) electrons. The molecule has 2 heterocycles. The molecule has 2 amide bonds. The molecule has 2 aliphatic rings. The van der Waals surface area contributed by atoms with Gasteiger partial charge in [-0.25, -0.2) is 14.8 Å². The van der Waals surface area contributed by atoms with Crippen molar-refractivity contribution in [1.82, 2.24) is 4.98 Å². The fourth-order valence-corrected chi connectivity index (χ4v) is 4.89. The lowest BCUT2D eigenvalue weighted by Gasteiger charge is -2.16. The highest BCUT2D eigenvalue weighted by Crippen LogP contribution is 2.33. The van der Waals surface area contributed by atoms with Crippen molar-refractivity contribution in [3.8, 4) is 10.6 Å². The molecule has 0 N–H and O–H groups in total. The molecule has 1 unspecified atom stereocenters. The number of hydrogen-bond acceptors (Lipinski definition) is 4. The fourth-order valence-electron chi connectivity index (χ4n) is 2.92. The van der Waals surface area contributed by atoms with E-state index in [2.05, 4.69) is 27.5 Å². The molecule has 23 heavy (non-hydrogen) atoms. The van der Waals surface area contributed by atoms with Crippen molar-refractivity contribution in [1.29, 1.82) is 0 Å². The van der Waals surface area contributed by atoms with E-state index in [0.29, 0.717) is 0 Å². The van der Waals surface area contributed by atoms with Gasteiger partial charge in [0.25, 0.3) is 0 Å². The number of carbonyl (C=O) groups excluding carboxylic acids is 1. The van der Waals surface area contributed by atoms with Crippen LogP contribution in [-0.2, 0) is 5.75 Å². The lowest BCUT2D eigenvalue weighted by atomic mass is 10.1. The molecule has 116 valence electrons. The molecule has 1 saturated carbocycles. The van der Waals surface area contributed by atoms with Crippen LogP contribution in [0.25, 0.3) is 10.6 Å².